The van der Waals surface area contributed by atoms with Crippen LogP contribution in [0.5, 0.6) is 0 Å². The molecule has 31 heavy (non-hydrogen) atoms. The van der Waals surface area contributed by atoms with E-state index in [1.54, 1.807) is 0 Å². The lowest BCUT2D eigenvalue weighted by atomic mass is 9.81. The van der Waals surface area contributed by atoms with E-state index in [9.17, 15) is 0 Å². The van der Waals surface area contributed by atoms with E-state index in [1.165, 1.54) is 33.4 Å². The van der Waals surface area contributed by atoms with Gasteiger partial charge in [-0.15, -0.1) is 0 Å². The molecule has 0 amide bonds. The van der Waals surface area contributed by atoms with Crippen molar-refractivity contribution < 1.29 is 0 Å². The first kappa shape index (κ1) is 19.3. The Labute approximate surface area is 197 Å². The van der Waals surface area contributed by atoms with E-state index in [0.29, 0.717) is 4.73 Å². The Bertz CT molecular complexity index is 1440. The van der Waals surface area contributed by atoms with Crippen molar-refractivity contribution >= 4 is 54.2 Å². The summed E-state index contributed by atoms with van der Waals surface area (Å²) < 4.78 is 1.35. The van der Waals surface area contributed by atoms with Crippen LogP contribution in [0.1, 0.15) is 42.5 Å². The van der Waals surface area contributed by atoms with E-state index in [2.05, 4.69) is 110 Å². The van der Waals surface area contributed by atoms with Crippen molar-refractivity contribution in [3.05, 3.63) is 86.2 Å². The summed E-state index contributed by atoms with van der Waals surface area (Å²) in [5, 5.41) is 0.984. The summed E-state index contributed by atoms with van der Waals surface area (Å²) in [6.07, 6.45) is 1.89. The Kier molecular flexibility index (Phi) is 4.25. The molecule has 2 heterocycles. The van der Waals surface area contributed by atoms with Crippen molar-refractivity contribution in [1.29, 1.82) is 0 Å². The number of hydrogen-bond donors (Lipinski definition) is 0. The smallest absolute Gasteiger partial charge is 0.198 e. The molecule has 2 aliphatic rings. The van der Waals surface area contributed by atoms with Gasteiger partial charge in [-0.25, -0.2) is 9.97 Å². The molecule has 0 spiro atoms. The largest absolute Gasteiger partial charge is 0.250 e. The molecule has 0 N–H and O–H groups in total. The molecular weight excluding hydrogens is 514 g/mol. The molecule has 0 unspecified atom stereocenters. The van der Waals surface area contributed by atoms with Gasteiger partial charge in [-0.3, -0.25) is 4.99 Å². The number of halogens is 2. The number of hydrogen-bond acceptors (Lipinski definition) is 3. The quantitative estimate of drug-likeness (QED) is 0.188. The maximum Gasteiger partial charge on any atom is 0.198 e. The molecule has 1 aliphatic carbocycles. The van der Waals surface area contributed by atoms with Gasteiger partial charge in [0, 0.05) is 16.5 Å². The van der Waals surface area contributed by atoms with Gasteiger partial charge in [0.1, 0.15) is 10.1 Å². The number of aryl methyl sites for hydroxylation is 1. The zero-order valence-corrected chi connectivity index (χ0v) is 20.4. The molecule has 0 saturated carbocycles. The lowest BCUT2D eigenvalue weighted by Crippen LogP contribution is -2.16. The van der Waals surface area contributed by atoms with Gasteiger partial charge in [-0.05, 0) is 90.2 Å². The third-order valence-electron chi connectivity index (χ3n) is 6.65. The molecule has 1 aliphatic heterocycles. The Morgan fingerprint density at radius 1 is 0.839 bits per heavy atom. The normalized spacial score (nSPS) is 15.9. The molecule has 0 fully saturated rings. The van der Waals surface area contributed by atoms with E-state index in [-0.39, 0.29) is 5.41 Å². The van der Waals surface area contributed by atoms with Crippen molar-refractivity contribution in [2.24, 2.45) is 4.99 Å². The Balaban J connectivity index is 1.52. The molecule has 0 saturated heterocycles. The summed E-state index contributed by atoms with van der Waals surface area (Å²) >= 11 is 7.00. The summed E-state index contributed by atoms with van der Waals surface area (Å²) in [4.78, 5) is 14.2. The highest BCUT2D eigenvalue weighted by Crippen LogP contribution is 2.49. The molecule has 0 radical (unpaired) electrons. The zero-order chi connectivity index (χ0) is 21.3. The van der Waals surface area contributed by atoms with Crippen LogP contribution in [0.25, 0.3) is 22.0 Å². The van der Waals surface area contributed by atoms with Gasteiger partial charge < -0.3 is 0 Å². The van der Waals surface area contributed by atoms with Crippen molar-refractivity contribution in [2.75, 3.05) is 0 Å². The highest BCUT2D eigenvalue weighted by molar-refractivity contribution is 9.11. The highest BCUT2D eigenvalue weighted by atomic mass is 79.9. The van der Waals surface area contributed by atoms with Crippen molar-refractivity contribution in [2.45, 2.75) is 32.1 Å². The summed E-state index contributed by atoms with van der Waals surface area (Å²) in [5.74, 6) is 0. The molecule has 0 atom stereocenters. The van der Waals surface area contributed by atoms with Crippen molar-refractivity contribution in [1.82, 2.24) is 9.97 Å². The van der Waals surface area contributed by atoms with E-state index in [1.807, 2.05) is 0 Å². The van der Waals surface area contributed by atoms with E-state index in [0.717, 1.165) is 39.7 Å². The van der Waals surface area contributed by atoms with Crippen LogP contribution in [0.3, 0.4) is 0 Å². The Hall–Kier alpha value is -2.37. The van der Waals surface area contributed by atoms with Crippen LogP contribution in [-0.2, 0) is 11.8 Å². The van der Waals surface area contributed by atoms with Gasteiger partial charge in [0.2, 0.25) is 0 Å². The average molecular weight is 533 g/mol. The third-order valence-corrected chi connectivity index (χ3v) is 7.61. The van der Waals surface area contributed by atoms with Crippen LogP contribution in [0.4, 0.5) is 5.69 Å². The van der Waals surface area contributed by atoms with Crippen LogP contribution in [0, 0.1) is 0 Å². The first-order valence-electron chi connectivity index (χ1n) is 10.4. The van der Waals surface area contributed by atoms with Gasteiger partial charge >= 0.3 is 0 Å². The molecule has 5 heteroatoms. The third kappa shape index (κ3) is 2.86. The summed E-state index contributed by atoms with van der Waals surface area (Å²) in [6.45, 7) is 4.64. The zero-order valence-electron chi connectivity index (χ0n) is 17.2. The van der Waals surface area contributed by atoms with Crippen LogP contribution >= 0.6 is 31.9 Å². The van der Waals surface area contributed by atoms with Crippen molar-refractivity contribution in [3.8, 4) is 11.1 Å². The fourth-order valence-corrected chi connectivity index (χ4v) is 6.10. The maximum atomic E-state index is 5.13. The van der Waals surface area contributed by atoms with Gasteiger partial charge in [0.25, 0.3) is 0 Å². The number of benzene rings is 3. The van der Waals surface area contributed by atoms with Gasteiger partial charge in [0.15, 0.2) is 4.73 Å². The van der Waals surface area contributed by atoms with Crippen molar-refractivity contribution in [3.63, 3.8) is 0 Å². The van der Waals surface area contributed by atoms with E-state index >= 15 is 0 Å². The standard InChI is InChI=1S/C26H19Br2N3/c1-26(2)19-6-4-3-5-16(19)17-10-8-15(13-20(17)26)21-12-9-14-7-11-18-23(22(14)29-21)30-25(28)31-24(18)27/h3-8,10-11,13H,9,12H2,1-2H3. The summed E-state index contributed by atoms with van der Waals surface area (Å²) in [5.41, 5.74) is 10.9. The molecule has 3 nitrogen and oxygen atoms in total. The second kappa shape index (κ2) is 6.81. The van der Waals surface area contributed by atoms with Gasteiger partial charge in [-0.1, -0.05) is 56.3 Å². The minimum atomic E-state index is -0.00921. The second-order valence-electron chi connectivity index (χ2n) is 8.74. The summed E-state index contributed by atoms with van der Waals surface area (Å²) in [7, 11) is 0. The van der Waals surface area contributed by atoms with E-state index in [4.69, 9.17) is 4.99 Å². The number of aliphatic imine (C=N–C) groups is 1. The monoisotopic (exact) mass is 531 g/mol. The minimum absolute atomic E-state index is 0.00921. The fraction of sp³-hybridized carbons (Fsp3) is 0.192. The van der Waals surface area contributed by atoms with Crippen LogP contribution < -0.4 is 0 Å². The number of nitrogens with zero attached hydrogens (tertiary/aromatic N) is 3. The lowest BCUT2D eigenvalue weighted by molar-refractivity contribution is 0.660. The molecule has 0 bridgehead atoms. The van der Waals surface area contributed by atoms with Crippen LogP contribution in [-0.4, -0.2) is 15.7 Å². The lowest BCUT2D eigenvalue weighted by Gasteiger charge is -2.23. The predicted octanol–water partition coefficient (Wildman–Crippen LogP) is 7.53. The molecule has 4 aromatic rings. The number of aromatic nitrogens is 2. The van der Waals surface area contributed by atoms with E-state index < -0.39 is 0 Å². The molecule has 1 aromatic heterocycles. The molecular formula is C26H19Br2N3. The average Bonchev–Trinajstić information content (AvgIpc) is 3.00. The Morgan fingerprint density at radius 2 is 1.65 bits per heavy atom. The molecule has 6 rings (SSSR count). The van der Waals surface area contributed by atoms with Gasteiger partial charge in [0.05, 0.1) is 5.69 Å². The predicted molar refractivity (Wildman–Crippen MR) is 133 cm³/mol. The number of rotatable bonds is 1. The molecule has 3 aromatic carbocycles. The second-order valence-corrected chi connectivity index (χ2v) is 10.2. The maximum absolute atomic E-state index is 5.13. The number of fused-ring (bicyclic) bond motifs is 6. The Morgan fingerprint density at radius 3 is 2.52 bits per heavy atom. The molecule has 152 valence electrons. The summed E-state index contributed by atoms with van der Waals surface area (Å²) in [6, 6.07) is 19.8. The topological polar surface area (TPSA) is 38.1 Å². The SMILES string of the molecule is CC1(C)c2ccccc2-c2ccc(C3=Nc4c(ccc5c(Br)nc(Br)nc45)CC3)cc21. The minimum Gasteiger partial charge on any atom is -0.250 e. The van der Waals surface area contributed by atoms with Gasteiger partial charge in [-0.2, -0.15) is 0 Å². The van der Waals surface area contributed by atoms with Crippen LogP contribution in [0.2, 0.25) is 0 Å². The highest BCUT2D eigenvalue weighted by Gasteiger charge is 2.35. The first-order chi connectivity index (χ1) is 14.9. The fourth-order valence-electron chi connectivity index (χ4n) is 5.02. The van der Waals surface area contributed by atoms with Crippen LogP contribution in [0.15, 0.2) is 68.9 Å². The first-order valence-corrected chi connectivity index (χ1v) is 12.0.